The number of carbonyl (C=O) groups is 2. The van der Waals surface area contributed by atoms with E-state index in [2.05, 4.69) is 26.6 Å². The average molecular weight is 444 g/mol. The molecule has 148 valence electrons. The van der Waals surface area contributed by atoms with Crippen LogP contribution < -0.4 is 10.6 Å². The second kappa shape index (κ2) is 9.73. The second-order valence-electron chi connectivity index (χ2n) is 7.13. The first-order chi connectivity index (χ1) is 13.5. The lowest BCUT2D eigenvalue weighted by Gasteiger charge is -2.20. The van der Waals surface area contributed by atoms with Crippen molar-refractivity contribution in [2.24, 2.45) is 0 Å². The molecule has 1 atom stereocenters. The Kier molecular flexibility index (Phi) is 7.09. The minimum Gasteiger partial charge on any atom is -0.339 e. The van der Waals surface area contributed by atoms with E-state index < -0.39 is 0 Å². The molecule has 3 rings (SSSR count). The van der Waals surface area contributed by atoms with Gasteiger partial charge in [-0.1, -0.05) is 47.0 Å². The molecule has 2 N–H and O–H groups in total. The summed E-state index contributed by atoms with van der Waals surface area (Å²) in [7, 11) is 0. The van der Waals surface area contributed by atoms with Crippen LogP contribution in [0.5, 0.6) is 0 Å². The zero-order chi connectivity index (χ0) is 19.9. The van der Waals surface area contributed by atoms with Crippen molar-refractivity contribution in [1.82, 2.24) is 10.2 Å². The number of benzene rings is 2. The lowest BCUT2D eigenvalue weighted by atomic mass is 10.1. The minimum atomic E-state index is -0.283. The molecule has 1 unspecified atom stereocenters. The maximum atomic E-state index is 12.6. The number of nitrogens with one attached hydrogen (secondary N) is 2. The number of urea groups is 1. The largest absolute Gasteiger partial charge is 0.339 e. The summed E-state index contributed by atoms with van der Waals surface area (Å²) in [6.07, 6.45) is 4.53. The summed E-state index contributed by atoms with van der Waals surface area (Å²) in [4.78, 5) is 26.9. The van der Waals surface area contributed by atoms with E-state index in [-0.39, 0.29) is 18.0 Å². The summed E-state index contributed by atoms with van der Waals surface area (Å²) >= 11 is 3.51. The third kappa shape index (κ3) is 5.35. The van der Waals surface area contributed by atoms with Gasteiger partial charge in [0.15, 0.2) is 0 Å². The van der Waals surface area contributed by atoms with Gasteiger partial charge in [0.25, 0.3) is 5.91 Å². The zero-order valence-corrected chi connectivity index (χ0v) is 17.7. The predicted molar refractivity (Wildman–Crippen MR) is 116 cm³/mol. The van der Waals surface area contributed by atoms with Gasteiger partial charge in [-0.3, -0.25) is 4.79 Å². The van der Waals surface area contributed by atoms with Crippen LogP contribution in [0, 0.1) is 0 Å². The highest BCUT2D eigenvalue weighted by Gasteiger charge is 2.17. The number of amides is 3. The first-order valence-corrected chi connectivity index (χ1v) is 10.5. The van der Waals surface area contributed by atoms with Crippen molar-refractivity contribution in [2.45, 2.75) is 38.6 Å². The Labute approximate surface area is 174 Å². The molecule has 1 heterocycles. The molecule has 1 aliphatic rings. The number of nitrogens with zero attached hydrogens (tertiary/aromatic N) is 1. The van der Waals surface area contributed by atoms with Crippen LogP contribution in [0.1, 0.15) is 54.6 Å². The molecule has 0 aromatic heterocycles. The second-order valence-corrected chi connectivity index (χ2v) is 7.98. The highest BCUT2D eigenvalue weighted by atomic mass is 79.9. The molecule has 1 saturated heterocycles. The van der Waals surface area contributed by atoms with Gasteiger partial charge in [-0.05, 0) is 55.7 Å². The van der Waals surface area contributed by atoms with Gasteiger partial charge in [0.05, 0.1) is 6.04 Å². The molecule has 0 saturated carbocycles. The minimum absolute atomic E-state index is 0.0699. The molecular weight excluding hydrogens is 418 g/mol. The first kappa shape index (κ1) is 20.4. The van der Waals surface area contributed by atoms with Gasteiger partial charge in [-0.25, -0.2) is 4.79 Å². The maximum absolute atomic E-state index is 12.6. The van der Waals surface area contributed by atoms with Crippen molar-refractivity contribution in [3.8, 4) is 0 Å². The third-order valence-corrected chi connectivity index (χ3v) is 5.72. The summed E-state index contributed by atoms with van der Waals surface area (Å²) in [5.74, 6) is 0.0699. The van der Waals surface area contributed by atoms with Crippen LogP contribution in [0.2, 0.25) is 0 Å². The number of carbonyl (C=O) groups excluding carboxylic acids is 2. The molecule has 1 fully saturated rings. The normalized spacial score (nSPS) is 15.4. The molecule has 0 spiro atoms. The number of rotatable bonds is 4. The lowest BCUT2D eigenvalue weighted by molar-refractivity contribution is 0.0761. The van der Waals surface area contributed by atoms with Gasteiger partial charge in [0.1, 0.15) is 0 Å². The van der Waals surface area contributed by atoms with E-state index in [1.54, 1.807) is 24.3 Å². The zero-order valence-electron chi connectivity index (χ0n) is 16.1. The number of halogens is 1. The molecule has 5 nitrogen and oxygen atoms in total. The van der Waals surface area contributed by atoms with Crippen LogP contribution in [-0.4, -0.2) is 29.9 Å². The maximum Gasteiger partial charge on any atom is 0.319 e. The van der Waals surface area contributed by atoms with Crippen LogP contribution in [-0.2, 0) is 0 Å². The summed E-state index contributed by atoms with van der Waals surface area (Å²) in [6.45, 7) is 3.59. The van der Waals surface area contributed by atoms with E-state index in [0.717, 1.165) is 36.0 Å². The summed E-state index contributed by atoms with van der Waals surface area (Å²) < 4.78 is 0.958. The van der Waals surface area contributed by atoms with Gasteiger partial charge in [0.2, 0.25) is 0 Å². The monoisotopic (exact) mass is 443 g/mol. The Morgan fingerprint density at radius 1 is 0.964 bits per heavy atom. The van der Waals surface area contributed by atoms with Gasteiger partial charge in [0, 0.05) is 28.8 Å². The summed E-state index contributed by atoms with van der Waals surface area (Å²) in [6, 6.07) is 14.5. The fourth-order valence-electron chi connectivity index (χ4n) is 3.42. The highest BCUT2D eigenvalue weighted by molar-refractivity contribution is 9.10. The molecule has 1 aliphatic heterocycles. The Balaban J connectivity index is 1.57. The van der Waals surface area contributed by atoms with Crippen LogP contribution in [0.25, 0.3) is 0 Å². The first-order valence-electron chi connectivity index (χ1n) is 9.76. The number of hydrogen-bond acceptors (Lipinski definition) is 2. The third-order valence-electron chi connectivity index (χ3n) is 5.00. The van der Waals surface area contributed by atoms with Crippen molar-refractivity contribution in [3.05, 3.63) is 64.1 Å². The van der Waals surface area contributed by atoms with Crippen molar-refractivity contribution in [1.29, 1.82) is 0 Å². The van der Waals surface area contributed by atoms with E-state index in [9.17, 15) is 9.59 Å². The Bertz CT molecular complexity index is 815. The van der Waals surface area contributed by atoms with Crippen molar-refractivity contribution < 1.29 is 9.59 Å². The van der Waals surface area contributed by atoms with Gasteiger partial charge < -0.3 is 15.5 Å². The molecule has 0 bridgehead atoms. The van der Waals surface area contributed by atoms with Gasteiger partial charge in [-0.2, -0.15) is 0 Å². The molecule has 0 aliphatic carbocycles. The number of likely N-dealkylation sites (tertiary alicyclic amines) is 1. The van der Waals surface area contributed by atoms with Crippen molar-refractivity contribution >= 4 is 33.6 Å². The lowest BCUT2D eigenvalue weighted by Crippen LogP contribution is -2.32. The molecule has 6 heteroatoms. The Morgan fingerprint density at radius 3 is 2.25 bits per heavy atom. The van der Waals surface area contributed by atoms with Crippen LogP contribution >= 0.6 is 15.9 Å². The SMILES string of the molecule is CC(NC(=O)Nc1ccc(C(=O)N2CCCCCC2)cc1)c1ccccc1Br. The Morgan fingerprint density at radius 2 is 1.61 bits per heavy atom. The quantitative estimate of drug-likeness (QED) is 0.668. The van der Waals surface area contributed by atoms with Crippen molar-refractivity contribution in [2.75, 3.05) is 18.4 Å². The van der Waals surface area contributed by atoms with Crippen LogP contribution in [0.3, 0.4) is 0 Å². The summed E-state index contributed by atoms with van der Waals surface area (Å²) in [5.41, 5.74) is 2.33. The average Bonchev–Trinajstić information content (AvgIpc) is 2.97. The smallest absolute Gasteiger partial charge is 0.319 e. The fraction of sp³-hybridized carbons (Fsp3) is 0.364. The standard InChI is InChI=1S/C22H26BrN3O2/c1-16(19-8-4-5-9-20(19)23)24-22(28)25-18-12-10-17(11-13-18)21(27)26-14-6-2-3-7-15-26/h4-5,8-13,16H,2-3,6-7,14-15H2,1H3,(H2,24,25,28). The van der Waals surface area contributed by atoms with E-state index >= 15 is 0 Å². The van der Waals surface area contributed by atoms with E-state index in [0.29, 0.717) is 11.3 Å². The molecule has 0 radical (unpaired) electrons. The molecule has 3 amide bonds. The predicted octanol–water partition coefficient (Wildman–Crippen LogP) is 5.35. The summed E-state index contributed by atoms with van der Waals surface area (Å²) in [5, 5.41) is 5.75. The molecule has 2 aromatic carbocycles. The molecule has 2 aromatic rings. The van der Waals surface area contributed by atoms with Gasteiger partial charge in [-0.15, -0.1) is 0 Å². The number of anilines is 1. The highest BCUT2D eigenvalue weighted by Crippen LogP contribution is 2.23. The Hall–Kier alpha value is -2.34. The fourth-order valence-corrected chi connectivity index (χ4v) is 4.05. The van der Waals surface area contributed by atoms with Gasteiger partial charge >= 0.3 is 6.03 Å². The van der Waals surface area contributed by atoms with Crippen molar-refractivity contribution in [3.63, 3.8) is 0 Å². The van der Waals surface area contributed by atoms with E-state index in [4.69, 9.17) is 0 Å². The van der Waals surface area contributed by atoms with Crippen LogP contribution in [0.4, 0.5) is 10.5 Å². The molecular formula is C22H26BrN3O2. The number of hydrogen-bond donors (Lipinski definition) is 2. The van der Waals surface area contributed by atoms with Crippen LogP contribution in [0.15, 0.2) is 53.0 Å². The van der Waals surface area contributed by atoms with E-state index in [1.807, 2.05) is 36.1 Å². The molecule has 28 heavy (non-hydrogen) atoms. The topological polar surface area (TPSA) is 61.4 Å². The van der Waals surface area contributed by atoms with E-state index in [1.165, 1.54) is 12.8 Å².